The second-order valence-electron chi connectivity index (χ2n) is 3.65. The summed E-state index contributed by atoms with van der Waals surface area (Å²) < 4.78 is 1.08. The van der Waals surface area contributed by atoms with E-state index in [0.717, 1.165) is 21.6 Å². The van der Waals surface area contributed by atoms with E-state index >= 15 is 0 Å². The molecule has 0 bridgehead atoms. The summed E-state index contributed by atoms with van der Waals surface area (Å²) >= 11 is 5.04. The lowest BCUT2D eigenvalue weighted by atomic mass is 10.2. The number of thiazole rings is 1. The number of benzene rings is 1. The van der Waals surface area contributed by atoms with Crippen molar-refractivity contribution in [2.24, 2.45) is 0 Å². The first-order valence-corrected chi connectivity index (χ1v) is 6.69. The SMILES string of the molecule is CC(O)c1csc(Cc2cccc(Br)c2)n1. The molecule has 0 radical (unpaired) electrons. The molecule has 0 aliphatic heterocycles. The Morgan fingerprint density at radius 3 is 2.94 bits per heavy atom. The highest BCUT2D eigenvalue weighted by molar-refractivity contribution is 9.10. The van der Waals surface area contributed by atoms with Crippen LogP contribution in [-0.4, -0.2) is 10.1 Å². The van der Waals surface area contributed by atoms with Crippen molar-refractivity contribution in [3.8, 4) is 0 Å². The summed E-state index contributed by atoms with van der Waals surface area (Å²) in [5.74, 6) is 0. The topological polar surface area (TPSA) is 33.1 Å². The molecule has 1 aromatic heterocycles. The van der Waals surface area contributed by atoms with E-state index in [1.54, 1.807) is 18.3 Å². The molecule has 0 saturated carbocycles. The molecule has 2 aromatic rings. The van der Waals surface area contributed by atoms with Gasteiger partial charge in [0.1, 0.15) is 0 Å². The highest BCUT2D eigenvalue weighted by Crippen LogP contribution is 2.20. The number of aliphatic hydroxyl groups excluding tert-OH is 1. The molecule has 1 unspecified atom stereocenters. The molecule has 1 heterocycles. The predicted molar refractivity (Wildman–Crippen MR) is 69.7 cm³/mol. The van der Waals surface area contributed by atoms with Gasteiger partial charge < -0.3 is 5.11 Å². The minimum Gasteiger partial charge on any atom is -0.387 e. The summed E-state index contributed by atoms with van der Waals surface area (Å²) in [5, 5.41) is 12.3. The summed E-state index contributed by atoms with van der Waals surface area (Å²) in [5.41, 5.74) is 1.98. The highest BCUT2D eigenvalue weighted by Gasteiger charge is 2.07. The maximum atomic E-state index is 9.38. The van der Waals surface area contributed by atoms with Crippen LogP contribution in [0, 0.1) is 0 Å². The molecule has 0 aliphatic rings. The van der Waals surface area contributed by atoms with Crippen LogP contribution in [0.25, 0.3) is 0 Å². The van der Waals surface area contributed by atoms with Crippen molar-refractivity contribution in [2.45, 2.75) is 19.4 Å². The largest absolute Gasteiger partial charge is 0.387 e. The van der Waals surface area contributed by atoms with Gasteiger partial charge in [0, 0.05) is 16.3 Å². The minimum atomic E-state index is -0.479. The molecule has 0 fully saturated rings. The fraction of sp³-hybridized carbons (Fsp3) is 0.250. The molecule has 0 amide bonds. The Morgan fingerprint density at radius 2 is 2.31 bits per heavy atom. The summed E-state index contributed by atoms with van der Waals surface area (Å²) in [6.07, 6.45) is 0.337. The van der Waals surface area contributed by atoms with Gasteiger partial charge in [-0.15, -0.1) is 11.3 Å². The van der Waals surface area contributed by atoms with Gasteiger partial charge in [0.05, 0.1) is 16.8 Å². The molecule has 0 saturated heterocycles. The summed E-state index contributed by atoms with van der Waals surface area (Å²) in [6.45, 7) is 1.73. The molecule has 1 atom stereocenters. The molecule has 16 heavy (non-hydrogen) atoms. The van der Waals surface area contributed by atoms with Crippen molar-refractivity contribution in [1.29, 1.82) is 0 Å². The Balaban J connectivity index is 2.14. The fourth-order valence-corrected chi connectivity index (χ4v) is 2.78. The normalized spacial score (nSPS) is 12.7. The third kappa shape index (κ3) is 2.90. The van der Waals surface area contributed by atoms with Crippen LogP contribution in [0.3, 0.4) is 0 Å². The van der Waals surface area contributed by atoms with E-state index in [1.807, 2.05) is 17.5 Å². The molecule has 0 spiro atoms. The quantitative estimate of drug-likeness (QED) is 0.940. The summed E-state index contributed by atoms with van der Waals surface area (Å²) in [7, 11) is 0. The average Bonchev–Trinajstić information content (AvgIpc) is 2.66. The van der Waals surface area contributed by atoms with Crippen LogP contribution in [0.5, 0.6) is 0 Å². The van der Waals surface area contributed by atoms with Crippen molar-refractivity contribution in [3.05, 3.63) is 50.4 Å². The molecular formula is C12H12BrNOS. The lowest BCUT2D eigenvalue weighted by Gasteiger charge is -1.99. The lowest BCUT2D eigenvalue weighted by Crippen LogP contribution is -1.92. The average molecular weight is 298 g/mol. The molecule has 1 aromatic carbocycles. The molecule has 4 heteroatoms. The fourth-order valence-electron chi connectivity index (χ4n) is 1.42. The Labute approximate surface area is 107 Å². The van der Waals surface area contributed by atoms with Crippen molar-refractivity contribution in [2.75, 3.05) is 0 Å². The maximum absolute atomic E-state index is 9.38. The van der Waals surface area contributed by atoms with E-state index in [-0.39, 0.29) is 0 Å². The summed E-state index contributed by atoms with van der Waals surface area (Å²) in [6, 6.07) is 8.19. The molecule has 2 nitrogen and oxygen atoms in total. The van der Waals surface area contributed by atoms with Gasteiger partial charge in [-0.1, -0.05) is 28.1 Å². The van der Waals surface area contributed by atoms with Gasteiger partial charge in [-0.05, 0) is 24.6 Å². The zero-order chi connectivity index (χ0) is 11.5. The zero-order valence-electron chi connectivity index (χ0n) is 8.85. The number of aliphatic hydroxyl groups is 1. The van der Waals surface area contributed by atoms with Crippen LogP contribution in [0.1, 0.15) is 29.3 Å². The molecule has 1 N–H and O–H groups in total. The van der Waals surface area contributed by atoms with E-state index < -0.39 is 6.10 Å². The maximum Gasteiger partial charge on any atom is 0.0973 e. The van der Waals surface area contributed by atoms with Crippen molar-refractivity contribution in [3.63, 3.8) is 0 Å². The number of nitrogens with zero attached hydrogens (tertiary/aromatic N) is 1. The van der Waals surface area contributed by atoms with E-state index in [2.05, 4.69) is 33.0 Å². The molecule has 2 rings (SSSR count). The molecular weight excluding hydrogens is 286 g/mol. The van der Waals surface area contributed by atoms with Gasteiger partial charge in [-0.2, -0.15) is 0 Å². The first-order chi connectivity index (χ1) is 7.65. The summed E-state index contributed by atoms with van der Waals surface area (Å²) in [4.78, 5) is 4.39. The van der Waals surface area contributed by atoms with E-state index in [0.29, 0.717) is 0 Å². The predicted octanol–water partition coefficient (Wildman–Crippen LogP) is 3.55. The minimum absolute atomic E-state index is 0.479. The number of halogens is 1. The van der Waals surface area contributed by atoms with Gasteiger partial charge in [-0.3, -0.25) is 0 Å². The van der Waals surface area contributed by atoms with Gasteiger partial charge in [0.25, 0.3) is 0 Å². The molecule has 84 valence electrons. The first-order valence-electron chi connectivity index (χ1n) is 5.02. The van der Waals surface area contributed by atoms with Crippen LogP contribution in [0.15, 0.2) is 34.1 Å². The number of aromatic nitrogens is 1. The highest BCUT2D eigenvalue weighted by atomic mass is 79.9. The van der Waals surface area contributed by atoms with Crippen LogP contribution < -0.4 is 0 Å². The second kappa shape index (κ2) is 5.08. The Kier molecular flexibility index (Phi) is 3.74. The van der Waals surface area contributed by atoms with Crippen molar-refractivity contribution >= 4 is 27.3 Å². The zero-order valence-corrected chi connectivity index (χ0v) is 11.3. The third-order valence-corrected chi connectivity index (χ3v) is 3.60. The Hall–Kier alpha value is -0.710. The smallest absolute Gasteiger partial charge is 0.0973 e. The number of hydrogen-bond donors (Lipinski definition) is 1. The van der Waals surface area contributed by atoms with Gasteiger partial charge >= 0.3 is 0 Å². The first kappa shape index (κ1) is 11.8. The van der Waals surface area contributed by atoms with Gasteiger partial charge in [0.2, 0.25) is 0 Å². The van der Waals surface area contributed by atoms with E-state index in [4.69, 9.17) is 0 Å². The van der Waals surface area contributed by atoms with Crippen molar-refractivity contribution in [1.82, 2.24) is 4.98 Å². The standard InChI is InChI=1S/C12H12BrNOS/c1-8(15)11-7-16-12(14-11)6-9-3-2-4-10(13)5-9/h2-5,7-8,15H,6H2,1H3. The Morgan fingerprint density at radius 1 is 1.50 bits per heavy atom. The van der Waals surface area contributed by atoms with Crippen molar-refractivity contribution < 1.29 is 5.11 Å². The lowest BCUT2D eigenvalue weighted by molar-refractivity contribution is 0.195. The van der Waals surface area contributed by atoms with Crippen LogP contribution >= 0.6 is 27.3 Å². The van der Waals surface area contributed by atoms with Gasteiger partial charge in [-0.25, -0.2) is 4.98 Å². The third-order valence-electron chi connectivity index (χ3n) is 2.24. The Bertz CT molecular complexity index is 481. The number of rotatable bonds is 3. The van der Waals surface area contributed by atoms with Crippen LogP contribution in [0.2, 0.25) is 0 Å². The van der Waals surface area contributed by atoms with Crippen LogP contribution in [0.4, 0.5) is 0 Å². The van der Waals surface area contributed by atoms with E-state index in [9.17, 15) is 5.11 Å². The number of hydrogen-bond acceptors (Lipinski definition) is 3. The second-order valence-corrected chi connectivity index (χ2v) is 5.51. The van der Waals surface area contributed by atoms with E-state index in [1.165, 1.54) is 5.56 Å². The van der Waals surface area contributed by atoms with Crippen LogP contribution in [-0.2, 0) is 6.42 Å². The monoisotopic (exact) mass is 297 g/mol. The van der Waals surface area contributed by atoms with Gasteiger partial charge in [0.15, 0.2) is 0 Å². The molecule has 0 aliphatic carbocycles.